The van der Waals surface area contributed by atoms with Gasteiger partial charge in [-0.05, 0) is 45.1 Å². The van der Waals surface area contributed by atoms with Crippen LogP contribution < -0.4 is 5.32 Å². The maximum Gasteiger partial charge on any atom is 0.0294 e. The molecule has 0 aliphatic heterocycles. The van der Waals surface area contributed by atoms with Crippen molar-refractivity contribution >= 4 is 0 Å². The van der Waals surface area contributed by atoms with Gasteiger partial charge in [0.05, 0.1) is 0 Å². The van der Waals surface area contributed by atoms with Crippen LogP contribution in [0.3, 0.4) is 0 Å². The summed E-state index contributed by atoms with van der Waals surface area (Å²) in [5.74, 6) is 0.826. The van der Waals surface area contributed by atoms with Crippen molar-refractivity contribution in [2.24, 2.45) is 5.92 Å². The van der Waals surface area contributed by atoms with Gasteiger partial charge in [0, 0.05) is 12.1 Å². The predicted molar refractivity (Wildman–Crippen MR) is 78.9 cm³/mol. The molecular formula is C17H27N. The molecule has 18 heavy (non-hydrogen) atoms. The van der Waals surface area contributed by atoms with E-state index in [1.165, 1.54) is 42.4 Å². The quantitative estimate of drug-likeness (QED) is 0.825. The zero-order chi connectivity index (χ0) is 13.1. The van der Waals surface area contributed by atoms with Gasteiger partial charge in [-0.3, -0.25) is 0 Å². The Morgan fingerprint density at radius 3 is 2.28 bits per heavy atom. The first-order chi connectivity index (χ1) is 8.56. The first kappa shape index (κ1) is 13.6. The van der Waals surface area contributed by atoms with Gasteiger partial charge in [0.25, 0.3) is 0 Å². The minimum Gasteiger partial charge on any atom is -0.307 e. The summed E-state index contributed by atoms with van der Waals surface area (Å²) in [6, 6.07) is 8.05. The fourth-order valence-electron chi connectivity index (χ4n) is 3.24. The molecule has 3 unspecified atom stereocenters. The largest absolute Gasteiger partial charge is 0.307 e. The van der Waals surface area contributed by atoms with Crippen LogP contribution in [-0.2, 0) is 0 Å². The predicted octanol–water partition coefficient (Wildman–Crippen LogP) is 4.53. The van der Waals surface area contributed by atoms with Crippen LogP contribution in [0.25, 0.3) is 0 Å². The zero-order valence-corrected chi connectivity index (χ0v) is 12.3. The molecule has 0 bridgehead atoms. The highest BCUT2D eigenvalue weighted by Gasteiger charge is 2.22. The first-order valence-corrected chi connectivity index (χ1v) is 7.40. The van der Waals surface area contributed by atoms with E-state index in [4.69, 9.17) is 0 Å². The molecule has 1 aliphatic rings. The van der Waals surface area contributed by atoms with Gasteiger partial charge < -0.3 is 5.32 Å². The third kappa shape index (κ3) is 3.35. The summed E-state index contributed by atoms with van der Waals surface area (Å²) in [7, 11) is 0. The highest BCUT2D eigenvalue weighted by atomic mass is 15.0. The lowest BCUT2D eigenvalue weighted by Crippen LogP contribution is -2.38. The van der Waals surface area contributed by atoms with Gasteiger partial charge in [-0.25, -0.2) is 0 Å². The van der Waals surface area contributed by atoms with Gasteiger partial charge in [-0.2, -0.15) is 0 Å². The Bertz CT molecular complexity index is 376. The minimum atomic E-state index is 0.467. The Kier molecular flexibility index (Phi) is 4.45. The van der Waals surface area contributed by atoms with Crippen LogP contribution in [-0.4, -0.2) is 6.04 Å². The van der Waals surface area contributed by atoms with Gasteiger partial charge in [0.1, 0.15) is 0 Å². The van der Waals surface area contributed by atoms with Crippen LogP contribution in [0.4, 0.5) is 0 Å². The molecule has 1 saturated carbocycles. The van der Waals surface area contributed by atoms with E-state index >= 15 is 0 Å². The molecule has 0 heterocycles. The molecule has 1 fully saturated rings. The van der Waals surface area contributed by atoms with Crippen molar-refractivity contribution in [2.45, 2.75) is 65.5 Å². The maximum atomic E-state index is 3.84. The number of hydrogen-bond donors (Lipinski definition) is 1. The maximum absolute atomic E-state index is 3.84. The summed E-state index contributed by atoms with van der Waals surface area (Å²) in [5.41, 5.74) is 4.18. The van der Waals surface area contributed by atoms with E-state index < -0.39 is 0 Å². The summed E-state index contributed by atoms with van der Waals surface area (Å²) in [6.07, 6.45) is 5.53. The molecule has 1 nitrogen and oxygen atoms in total. The van der Waals surface area contributed by atoms with Crippen molar-refractivity contribution in [3.63, 3.8) is 0 Å². The van der Waals surface area contributed by atoms with Crippen molar-refractivity contribution in [3.8, 4) is 0 Å². The van der Waals surface area contributed by atoms with Gasteiger partial charge >= 0.3 is 0 Å². The monoisotopic (exact) mass is 245 g/mol. The summed E-state index contributed by atoms with van der Waals surface area (Å²) >= 11 is 0. The van der Waals surface area contributed by atoms with Gasteiger partial charge in [-0.15, -0.1) is 0 Å². The number of rotatable bonds is 3. The number of aryl methyl sites for hydroxylation is 2. The van der Waals surface area contributed by atoms with E-state index in [-0.39, 0.29) is 0 Å². The van der Waals surface area contributed by atoms with E-state index in [2.05, 4.69) is 51.2 Å². The molecule has 1 N–H and O–H groups in total. The zero-order valence-electron chi connectivity index (χ0n) is 12.3. The van der Waals surface area contributed by atoms with Crippen LogP contribution >= 0.6 is 0 Å². The topological polar surface area (TPSA) is 12.0 Å². The van der Waals surface area contributed by atoms with Crippen LogP contribution in [0.2, 0.25) is 0 Å². The molecule has 0 aromatic heterocycles. The van der Waals surface area contributed by atoms with E-state index in [1.807, 2.05) is 0 Å². The standard InChI is InChI=1S/C17H27N/c1-12-9-13(2)11-16(10-12)15(4)18-17-8-6-5-7-14(17)3/h9-11,14-15,17-18H,5-8H2,1-4H3. The number of nitrogens with one attached hydrogen (secondary N) is 1. The van der Waals surface area contributed by atoms with Crippen molar-refractivity contribution in [1.29, 1.82) is 0 Å². The average molecular weight is 245 g/mol. The van der Waals surface area contributed by atoms with Gasteiger partial charge in [-0.1, -0.05) is 49.1 Å². The molecule has 3 atom stereocenters. The minimum absolute atomic E-state index is 0.467. The van der Waals surface area contributed by atoms with Crippen molar-refractivity contribution in [1.82, 2.24) is 5.32 Å². The fraction of sp³-hybridized carbons (Fsp3) is 0.647. The van der Waals surface area contributed by atoms with E-state index in [1.54, 1.807) is 0 Å². The van der Waals surface area contributed by atoms with Crippen LogP contribution in [0.15, 0.2) is 18.2 Å². The molecule has 0 radical (unpaired) electrons. The highest BCUT2D eigenvalue weighted by Crippen LogP contribution is 2.26. The summed E-state index contributed by atoms with van der Waals surface area (Å²) < 4.78 is 0. The molecule has 100 valence electrons. The van der Waals surface area contributed by atoms with Crippen molar-refractivity contribution in [3.05, 3.63) is 34.9 Å². The van der Waals surface area contributed by atoms with Crippen LogP contribution in [0, 0.1) is 19.8 Å². The lowest BCUT2D eigenvalue weighted by atomic mass is 9.85. The molecular weight excluding hydrogens is 218 g/mol. The third-order valence-corrected chi connectivity index (χ3v) is 4.32. The Balaban J connectivity index is 2.04. The molecule has 1 aliphatic carbocycles. The van der Waals surface area contributed by atoms with Crippen LogP contribution in [0.1, 0.15) is 62.3 Å². The normalized spacial score (nSPS) is 26.0. The van der Waals surface area contributed by atoms with Gasteiger partial charge in [0.15, 0.2) is 0 Å². The molecule has 1 aromatic carbocycles. The smallest absolute Gasteiger partial charge is 0.0294 e. The van der Waals surface area contributed by atoms with E-state index in [0.29, 0.717) is 12.1 Å². The lowest BCUT2D eigenvalue weighted by Gasteiger charge is -2.32. The Labute approximate surface area is 112 Å². The fourth-order valence-corrected chi connectivity index (χ4v) is 3.24. The summed E-state index contributed by atoms with van der Waals surface area (Å²) in [5, 5.41) is 3.84. The van der Waals surface area contributed by atoms with Crippen LogP contribution in [0.5, 0.6) is 0 Å². The Hall–Kier alpha value is -0.820. The SMILES string of the molecule is Cc1cc(C)cc(C(C)NC2CCCCC2C)c1. The van der Waals surface area contributed by atoms with Crippen molar-refractivity contribution < 1.29 is 0 Å². The molecule has 1 heteroatoms. The third-order valence-electron chi connectivity index (χ3n) is 4.32. The van der Waals surface area contributed by atoms with Crippen molar-refractivity contribution in [2.75, 3.05) is 0 Å². The second kappa shape index (κ2) is 5.88. The van der Waals surface area contributed by atoms with E-state index in [9.17, 15) is 0 Å². The molecule has 0 amide bonds. The summed E-state index contributed by atoms with van der Waals surface area (Å²) in [4.78, 5) is 0. The van der Waals surface area contributed by atoms with Gasteiger partial charge in [0.2, 0.25) is 0 Å². The molecule has 2 rings (SSSR count). The number of benzene rings is 1. The lowest BCUT2D eigenvalue weighted by molar-refractivity contribution is 0.263. The highest BCUT2D eigenvalue weighted by molar-refractivity contribution is 5.30. The van der Waals surface area contributed by atoms with E-state index in [0.717, 1.165) is 5.92 Å². The second-order valence-corrected chi connectivity index (χ2v) is 6.18. The second-order valence-electron chi connectivity index (χ2n) is 6.18. The number of hydrogen-bond acceptors (Lipinski definition) is 1. The molecule has 0 spiro atoms. The Morgan fingerprint density at radius 2 is 1.67 bits per heavy atom. The summed E-state index contributed by atoms with van der Waals surface area (Å²) in [6.45, 7) is 9.07. The molecule has 0 saturated heterocycles. The molecule has 1 aromatic rings. The first-order valence-electron chi connectivity index (χ1n) is 7.40. The average Bonchev–Trinajstić information content (AvgIpc) is 2.31. The Morgan fingerprint density at radius 1 is 1.06 bits per heavy atom.